The lowest BCUT2D eigenvalue weighted by molar-refractivity contribution is -0.145. The lowest BCUT2D eigenvalue weighted by Gasteiger charge is -2.26. The van der Waals surface area contributed by atoms with Gasteiger partial charge in [0.1, 0.15) is 18.0 Å². The summed E-state index contributed by atoms with van der Waals surface area (Å²) in [7, 11) is 0. The summed E-state index contributed by atoms with van der Waals surface area (Å²) in [6.45, 7) is 5.23. The first-order valence-corrected chi connectivity index (χ1v) is 5.33. The van der Waals surface area contributed by atoms with Crippen molar-refractivity contribution in [2.45, 2.75) is 25.6 Å². The van der Waals surface area contributed by atoms with Crippen molar-refractivity contribution >= 4 is 5.97 Å². The Morgan fingerprint density at radius 3 is 3.12 bits per heavy atom. The Hall–Kier alpha value is -1.77. The molecule has 1 aromatic carbocycles. The zero-order valence-corrected chi connectivity index (χ0v) is 9.03. The van der Waals surface area contributed by atoms with Crippen LogP contribution in [0.3, 0.4) is 0 Å². The summed E-state index contributed by atoms with van der Waals surface area (Å²) in [5.41, 5.74) is 2.73. The lowest BCUT2D eigenvalue weighted by atomic mass is 10.0. The molecule has 1 aliphatic heterocycles. The summed E-state index contributed by atoms with van der Waals surface area (Å²) >= 11 is 0. The first-order valence-electron chi connectivity index (χ1n) is 5.33. The van der Waals surface area contributed by atoms with Crippen LogP contribution in [0, 0.1) is 0 Å². The highest BCUT2D eigenvalue weighted by Gasteiger charge is 2.43. The van der Waals surface area contributed by atoms with Crippen LogP contribution in [-0.4, -0.2) is 5.97 Å². The van der Waals surface area contributed by atoms with Gasteiger partial charge in [-0.25, -0.2) is 4.79 Å². The van der Waals surface area contributed by atoms with Gasteiger partial charge in [-0.15, -0.1) is 0 Å². The largest absolute Gasteiger partial charge is 0.485 e. The van der Waals surface area contributed by atoms with Gasteiger partial charge in [-0.2, -0.15) is 0 Å². The number of ether oxygens (including phenoxy) is 2. The molecule has 3 nitrogen and oxygen atoms in total. The molecule has 3 heteroatoms. The van der Waals surface area contributed by atoms with Gasteiger partial charge in [-0.3, -0.25) is 0 Å². The molecular weight excluding hydrogens is 204 g/mol. The molecule has 0 amide bonds. The van der Waals surface area contributed by atoms with Crippen LogP contribution in [0.5, 0.6) is 5.75 Å². The predicted molar refractivity (Wildman–Crippen MR) is 58.1 cm³/mol. The first-order chi connectivity index (χ1) is 7.66. The second kappa shape index (κ2) is 3.11. The van der Waals surface area contributed by atoms with Crippen molar-refractivity contribution in [3.63, 3.8) is 0 Å². The molecule has 0 saturated heterocycles. The van der Waals surface area contributed by atoms with E-state index in [1.807, 2.05) is 18.2 Å². The molecule has 0 N–H and O–H groups in total. The molecule has 0 aromatic heterocycles. The molecule has 3 rings (SSSR count). The fourth-order valence-electron chi connectivity index (χ4n) is 2.27. The van der Waals surface area contributed by atoms with Gasteiger partial charge in [0.2, 0.25) is 0 Å². The van der Waals surface area contributed by atoms with Crippen molar-refractivity contribution in [3.05, 3.63) is 41.5 Å². The predicted octanol–water partition coefficient (Wildman–Crippen LogP) is 2.68. The van der Waals surface area contributed by atoms with E-state index in [2.05, 4.69) is 6.58 Å². The summed E-state index contributed by atoms with van der Waals surface area (Å²) in [6.07, 6.45) is 0.673. The lowest BCUT2D eigenvalue weighted by Crippen LogP contribution is -2.15. The minimum atomic E-state index is -0.330. The topological polar surface area (TPSA) is 35.5 Å². The van der Waals surface area contributed by atoms with Crippen molar-refractivity contribution in [1.29, 1.82) is 0 Å². The van der Waals surface area contributed by atoms with Crippen LogP contribution >= 0.6 is 0 Å². The van der Waals surface area contributed by atoms with Crippen LogP contribution in [0.2, 0.25) is 0 Å². The third-order valence-corrected chi connectivity index (χ3v) is 3.06. The second-order valence-electron chi connectivity index (χ2n) is 4.28. The number of benzene rings is 1. The maximum absolute atomic E-state index is 11.5. The molecule has 2 unspecified atom stereocenters. The molecule has 2 atom stereocenters. The Kier molecular flexibility index (Phi) is 1.84. The van der Waals surface area contributed by atoms with Gasteiger partial charge in [-0.1, -0.05) is 18.7 Å². The fourth-order valence-corrected chi connectivity index (χ4v) is 2.27. The molecule has 1 aromatic rings. The van der Waals surface area contributed by atoms with Crippen LogP contribution in [-0.2, 0) is 9.53 Å². The zero-order chi connectivity index (χ0) is 11.3. The minimum Gasteiger partial charge on any atom is -0.485 e. The van der Waals surface area contributed by atoms with Crippen LogP contribution in [0.1, 0.15) is 36.7 Å². The highest BCUT2D eigenvalue weighted by Crippen LogP contribution is 2.53. The van der Waals surface area contributed by atoms with Gasteiger partial charge in [0, 0.05) is 23.1 Å². The quantitative estimate of drug-likeness (QED) is 0.563. The first kappa shape index (κ1) is 9.46. The third-order valence-electron chi connectivity index (χ3n) is 3.06. The van der Waals surface area contributed by atoms with Crippen molar-refractivity contribution in [2.24, 2.45) is 0 Å². The van der Waals surface area contributed by atoms with Crippen molar-refractivity contribution in [2.75, 3.05) is 0 Å². The Bertz CT molecular complexity index is 490. The van der Waals surface area contributed by atoms with E-state index < -0.39 is 0 Å². The molecule has 16 heavy (non-hydrogen) atoms. The van der Waals surface area contributed by atoms with E-state index in [0.717, 1.165) is 17.7 Å². The van der Waals surface area contributed by atoms with Crippen LogP contribution < -0.4 is 4.74 Å². The monoisotopic (exact) mass is 216 g/mol. The maximum atomic E-state index is 11.5. The number of rotatable bonds is 2. The standard InChI is InChI=1S/C13H12O3/c1-7(2)13(14)16-10-6-11-12-8(10)4-3-5-9(12)15-11/h3-5,10-11H,1,6H2,2H3. The Balaban J connectivity index is 1.87. The van der Waals surface area contributed by atoms with Gasteiger partial charge < -0.3 is 9.47 Å². The molecule has 0 fully saturated rings. The van der Waals surface area contributed by atoms with Gasteiger partial charge in [0.05, 0.1) is 0 Å². The third kappa shape index (κ3) is 1.18. The van der Waals surface area contributed by atoms with Gasteiger partial charge in [0.25, 0.3) is 0 Å². The molecule has 0 radical (unpaired) electrons. The van der Waals surface area contributed by atoms with Gasteiger partial charge in [-0.05, 0) is 13.0 Å². The second-order valence-corrected chi connectivity index (χ2v) is 4.28. The number of carbonyl (C=O) groups is 1. The Labute approximate surface area is 93.7 Å². The van der Waals surface area contributed by atoms with Crippen LogP contribution in [0.15, 0.2) is 30.4 Å². The number of hydrogen-bond acceptors (Lipinski definition) is 3. The summed E-state index contributed by atoms with van der Waals surface area (Å²) in [6, 6.07) is 5.87. The number of hydrogen-bond donors (Lipinski definition) is 0. The molecule has 0 saturated carbocycles. The van der Waals surface area contributed by atoms with E-state index in [0.29, 0.717) is 5.57 Å². The van der Waals surface area contributed by atoms with E-state index in [-0.39, 0.29) is 18.2 Å². The highest BCUT2D eigenvalue weighted by atomic mass is 16.6. The van der Waals surface area contributed by atoms with E-state index in [9.17, 15) is 4.79 Å². The van der Waals surface area contributed by atoms with E-state index >= 15 is 0 Å². The van der Waals surface area contributed by atoms with E-state index in [4.69, 9.17) is 9.47 Å². The van der Waals surface area contributed by atoms with Crippen LogP contribution in [0.25, 0.3) is 0 Å². The van der Waals surface area contributed by atoms with Crippen LogP contribution in [0.4, 0.5) is 0 Å². The molecular formula is C13H12O3. The van der Waals surface area contributed by atoms with Gasteiger partial charge in [0.15, 0.2) is 0 Å². The van der Waals surface area contributed by atoms with E-state index in [1.165, 1.54) is 5.56 Å². The average Bonchev–Trinajstić information content (AvgIpc) is 2.53. The highest BCUT2D eigenvalue weighted by molar-refractivity contribution is 5.87. The number of carbonyl (C=O) groups excluding carboxylic acids is 1. The molecule has 0 bridgehead atoms. The zero-order valence-electron chi connectivity index (χ0n) is 9.03. The molecule has 1 aliphatic carbocycles. The van der Waals surface area contributed by atoms with Crippen molar-refractivity contribution < 1.29 is 14.3 Å². The smallest absolute Gasteiger partial charge is 0.333 e. The number of esters is 1. The molecule has 1 heterocycles. The molecule has 0 spiro atoms. The summed E-state index contributed by atoms with van der Waals surface area (Å²) in [4.78, 5) is 11.5. The Morgan fingerprint density at radius 2 is 2.38 bits per heavy atom. The summed E-state index contributed by atoms with van der Waals surface area (Å²) in [5, 5.41) is 0. The minimum absolute atomic E-state index is 0.120. The summed E-state index contributed by atoms with van der Waals surface area (Å²) < 4.78 is 10.9. The van der Waals surface area contributed by atoms with Gasteiger partial charge >= 0.3 is 5.97 Å². The van der Waals surface area contributed by atoms with Crippen molar-refractivity contribution in [3.8, 4) is 5.75 Å². The Morgan fingerprint density at radius 1 is 1.56 bits per heavy atom. The fraction of sp³-hybridized carbons (Fsp3) is 0.308. The molecule has 82 valence electrons. The maximum Gasteiger partial charge on any atom is 0.333 e. The van der Waals surface area contributed by atoms with E-state index in [1.54, 1.807) is 6.92 Å². The SMILES string of the molecule is C=C(C)C(=O)OC1CC2Oc3cccc1c32. The van der Waals surface area contributed by atoms with Crippen molar-refractivity contribution in [1.82, 2.24) is 0 Å². The molecule has 2 aliphatic rings. The summed E-state index contributed by atoms with van der Waals surface area (Å²) in [5.74, 6) is 0.597. The normalized spacial score (nSPS) is 24.1. The average molecular weight is 216 g/mol.